The van der Waals surface area contributed by atoms with Gasteiger partial charge in [0.15, 0.2) is 0 Å². The van der Waals surface area contributed by atoms with Crippen molar-refractivity contribution in [2.75, 3.05) is 10.1 Å². The second kappa shape index (κ2) is 5.03. The highest BCUT2D eigenvalue weighted by atomic mass is 32.2. The quantitative estimate of drug-likeness (QED) is 0.569. The summed E-state index contributed by atoms with van der Waals surface area (Å²) in [4.78, 5) is 3.99. The molecule has 0 atom stereocenters. The number of nitrogens with zero attached hydrogens (tertiary/aromatic N) is 1. The van der Waals surface area contributed by atoms with Crippen LogP contribution in [0.4, 0.5) is 11.4 Å². The van der Waals surface area contributed by atoms with Crippen molar-refractivity contribution in [2.45, 2.75) is 4.90 Å². The fourth-order valence-corrected chi connectivity index (χ4v) is 2.41. The van der Waals surface area contributed by atoms with Crippen LogP contribution >= 0.6 is 0 Å². The number of nitrogens with two attached hydrogens (primary N) is 1. The van der Waals surface area contributed by atoms with Crippen molar-refractivity contribution < 1.29 is 8.42 Å². The van der Waals surface area contributed by atoms with Gasteiger partial charge in [0.05, 0.1) is 16.8 Å². The highest BCUT2D eigenvalue weighted by Crippen LogP contribution is 2.16. The molecule has 0 fully saturated rings. The Bertz CT molecular complexity index is 611. The van der Waals surface area contributed by atoms with Gasteiger partial charge in [0, 0.05) is 11.9 Å². The molecule has 2 aromatic rings. The van der Waals surface area contributed by atoms with Crippen molar-refractivity contribution in [3.63, 3.8) is 0 Å². The maximum absolute atomic E-state index is 12.0. The second-order valence-corrected chi connectivity index (χ2v) is 5.20. The first kappa shape index (κ1) is 12.3. The summed E-state index contributed by atoms with van der Waals surface area (Å²) in [6, 6.07) is 9.37. The predicted molar refractivity (Wildman–Crippen MR) is 69.3 cm³/mol. The van der Waals surface area contributed by atoms with Gasteiger partial charge in [0.1, 0.15) is 0 Å². The molecule has 94 valence electrons. The Morgan fingerprint density at radius 1 is 1.06 bits per heavy atom. The summed E-state index contributed by atoms with van der Waals surface area (Å²) in [7, 11) is -3.60. The Kier molecular flexibility index (Phi) is 3.45. The molecule has 2 rings (SSSR count). The molecule has 4 N–H and O–H groups in total. The van der Waals surface area contributed by atoms with Gasteiger partial charge in [-0.1, -0.05) is 0 Å². The van der Waals surface area contributed by atoms with Gasteiger partial charge in [-0.05, 0) is 36.4 Å². The van der Waals surface area contributed by atoms with Gasteiger partial charge in [-0.3, -0.25) is 15.5 Å². The Morgan fingerprint density at radius 3 is 2.33 bits per heavy atom. The number of anilines is 2. The van der Waals surface area contributed by atoms with E-state index in [1.165, 1.54) is 18.3 Å². The largest absolute Gasteiger partial charge is 0.324 e. The monoisotopic (exact) mass is 264 g/mol. The Hall–Kier alpha value is -2.12. The smallest absolute Gasteiger partial charge is 0.261 e. The number of benzene rings is 1. The SMILES string of the molecule is NNc1ccc(S(=O)(=O)Nc2cccnc2)cc1. The molecule has 0 saturated carbocycles. The summed E-state index contributed by atoms with van der Waals surface area (Å²) in [6.07, 6.45) is 3.01. The molecule has 6 nitrogen and oxygen atoms in total. The Balaban J connectivity index is 2.25. The van der Waals surface area contributed by atoms with Crippen molar-refractivity contribution in [3.05, 3.63) is 48.8 Å². The van der Waals surface area contributed by atoms with Crippen LogP contribution in [0.3, 0.4) is 0 Å². The molecule has 0 radical (unpaired) electrons. The van der Waals surface area contributed by atoms with Gasteiger partial charge in [-0.25, -0.2) is 8.42 Å². The fraction of sp³-hybridized carbons (Fsp3) is 0. The molecule has 1 aromatic heterocycles. The molecule has 7 heteroatoms. The standard InChI is InChI=1S/C11H12N4O2S/c12-14-9-3-5-11(6-4-9)18(16,17)15-10-2-1-7-13-8-10/h1-8,14-15H,12H2. The van der Waals surface area contributed by atoms with E-state index in [4.69, 9.17) is 5.84 Å². The van der Waals surface area contributed by atoms with E-state index in [1.807, 2.05) is 0 Å². The number of hydrogen-bond donors (Lipinski definition) is 3. The minimum Gasteiger partial charge on any atom is -0.324 e. The van der Waals surface area contributed by atoms with E-state index in [0.717, 1.165) is 0 Å². The molecule has 1 heterocycles. The molecule has 0 saturated heterocycles. The van der Waals surface area contributed by atoms with Crippen molar-refractivity contribution in [1.29, 1.82) is 0 Å². The zero-order chi connectivity index (χ0) is 13.0. The van der Waals surface area contributed by atoms with Crippen LogP contribution in [0.2, 0.25) is 0 Å². The first-order valence-electron chi connectivity index (χ1n) is 5.11. The molecule has 0 aliphatic carbocycles. The number of hydrazine groups is 1. The lowest BCUT2D eigenvalue weighted by Gasteiger charge is -2.08. The molecule has 0 amide bonds. The van der Waals surface area contributed by atoms with E-state index in [9.17, 15) is 8.42 Å². The third-order valence-corrected chi connectivity index (χ3v) is 3.64. The summed E-state index contributed by atoms with van der Waals surface area (Å²) in [5.41, 5.74) is 3.48. The van der Waals surface area contributed by atoms with Crippen LogP contribution in [0, 0.1) is 0 Å². The van der Waals surface area contributed by atoms with Gasteiger partial charge in [0.2, 0.25) is 0 Å². The first-order valence-corrected chi connectivity index (χ1v) is 6.60. The van der Waals surface area contributed by atoms with Gasteiger partial charge in [0.25, 0.3) is 10.0 Å². The molecule has 18 heavy (non-hydrogen) atoms. The van der Waals surface area contributed by atoms with Crippen LogP contribution in [0.1, 0.15) is 0 Å². The summed E-state index contributed by atoms with van der Waals surface area (Å²) in [5, 5.41) is 0. The molecule has 0 unspecified atom stereocenters. The molecular formula is C11H12N4O2S. The Morgan fingerprint density at radius 2 is 1.78 bits per heavy atom. The zero-order valence-electron chi connectivity index (χ0n) is 9.37. The van der Waals surface area contributed by atoms with Crippen LogP contribution in [0.15, 0.2) is 53.7 Å². The van der Waals surface area contributed by atoms with Gasteiger partial charge < -0.3 is 5.43 Å². The molecule has 0 aliphatic heterocycles. The van der Waals surface area contributed by atoms with Crippen LogP contribution < -0.4 is 16.0 Å². The lowest BCUT2D eigenvalue weighted by molar-refractivity contribution is 0.601. The highest BCUT2D eigenvalue weighted by molar-refractivity contribution is 7.92. The lowest BCUT2D eigenvalue weighted by atomic mass is 10.3. The average molecular weight is 264 g/mol. The van der Waals surface area contributed by atoms with Crippen molar-refractivity contribution >= 4 is 21.4 Å². The Labute approximate surface area is 105 Å². The second-order valence-electron chi connectivity index (χ2n) is 3.52. The maximum atomic E-state index is 12.0. The van der Waals surface area contributed by atoms with Crippen molar-refractivity contribution in [3.8, 4) is 0 Å². The highest BCUT2D eigenvalue weighted by Gasteiger charge is 2.13. The van der Waals surface area contributed by atoms with Crippen LogP contribution in [-0.2, 0) is 10.0 Å². The fourth-order valence-electron chi connectivity index (χ4n) is 1.37. The number of aromatic nitrogens is 1. The number of pyridine rings is 1. The average Bonchev–Trinajstić information content (AvgIpc) is 2.39. The summed E-state index contributed by atoms with van der Waals surface area (Å²) in [6.45, 7) is 0. The minimum atomic E-state index is -3.60. The molecule has 0 bridgehead atoms. The lowest BCUT2D eigenvalue weighted by Crippen LogP contribution is -2.13. The number of hydrogen-bond acceptors (Lipinski definition) is 5. The molecule has 0 aliphatic rings. The molecule has 0 spiro atoms. The van der Waals surface area contributed by atoms with Gasteiger partial charge >= 0.3 is 0 Å². The minimum absolute atomic E-state index is 0.158. The van der Waals surface area contributed by atoms with Gasteiger partial charge in [-0.2, -0.15) is 0 Å². The normalized spacial score (nSPS) is 10.9. The summed E-state index contributed by atoms with van der Waals surface area (Å²) < 4.78 is 26.5. The summed E-state index contributed by atoms with van der Waals surface area (Å²) >= 11 is 0. The number of rotatable bonds is 4. The number of nitrogen functional groups attached to an aromatic ring is 1. The number of sulfonamides is 1. The van der Waals surface area contributed by atoms with E-state index in [1.54, 1.807) is 30.5 Å². The number of nitrogens with one attached hydrogen (secondary N) is 2. The molecule has 1 aromatic carbocycles. The van der Waals surface area contributed by atoms with E-state index in [0.29, 0.717) is 11.4 Å². The van der Waals surface area contributed by atoms with Crippen molar-refractivity contribution in [1.82, 2.24) is 4.98 Å². The topological polar surface area (TPSA) is 97.1 Å². The van der Waals surface area contributed by atoms with Gasteiger partial charge in [-0.15, -0.1) is 0 Å². The zero-order valence-corrected chi connectivity index (χ0v) is 10.2. The maximum Gasteiger partial charge on any atom is 0.261 e. The van der Waals surface area contributed by atoms with Crippen LogP contribution in [-0.4, -0.2) is 13.4 Å². The first-order chi connectivity index (χ1) is 8.62. The van der Waals surface area contributed by atoms with Crippen LogP contribution in [0.5, 0.6) is 0 Å². The molecular weight excluding hydrogens is 252 g/mol. The van der Waals surface area contributed by atoms with E-state index < -0.39 is 10.0 Å². The van der Waals surface area contributed by atoms with E-state index >= 15 is 0 Å². The van der Waals surface area contributed by atoms with E-state index in [-0.39, 0.29) is 4.90 Å². The summed E-state index contributed by atoms with van der Waals surface area (Å²) in [5.74, 6) is 5.21. The van der Waals surface area contributed by atoms with E-state index in [2.05, 4.69) is 15.1 Å². The van der Waals surface area contributed by atoms with Crippen molar-refractivity contribution in [2.24, 2.45) is 5.84 Å². The third-order valence-electron chi connectivity index (χ3n) is 2.25. The third kappa shape index (κ3) is 2.76. The predicted octanol–water partition coefficient (Wildman–Crippen LogP) is 1.17. The van der Waals surface area contributed by atoms with Crippen LogP contribution in [0.25, 0.3) is 0 Å².